The van der Waals surface area contributed by atoms with E-state index in [1.807, 2.05) is 0 Å². The van der Waals surface area contributed by atoms with Crippen LogP contribution in [0.1, 0.15) is 10.4 Å². The van der Waals surface area contributed by atoms with Crippen molar-refractivity contribution in [2.45, 2.75) is 0 Å². The van der Waals surface area contributed by atoms with Gasteiger partial charge >= 0.3 is 0 Å². The molecule has 0 radical (unpaired) electrons. The Morgan fingerprint density at radius 3 is 2.69 bits per heavy atom. The number of anilines is 1. The minimum atomic E-state index is -0.598. The summed E-state index contributed by atoms with van der Waals surface area (Å²) < 4.78 is 1.23. The number of carbonyl (C=O) groups is 1. The van der Waals surface area contributed by atoms with Gasteiger partial charge in [0.2, 0.25) is 11.2 Å². The number of rotatable bonds is 2. The molecule has 0 aliphatic carbocycles. The Hall–Kier alpha value is -2.22. The van der Waals surface area contributed by atoms with Gasteiger partial charge in [0.15, 0.2) is 0 Å². The fourth-order valence-corrected chi connectivity index (χ4v) is 1.18. The molecule has 16 heavy (non-hydrogen) atoms. The molecule has 2 heterocycles. The number of primary amides is 1. The summed E-state index contributed by atoms with van der Waals surface area (Å²) in [5.41, 5.74) is 10.7. The van der Waals surface area contributed by atoms with E-state index in [1.165, 1.54) is 17.1 Å². The standard InChI is InChI=1S/C7H6ClN7O/c8-5-12-6(10)14-7(13-5)15-2-3(1-11-15)4(9)16/h1-2H,(H2,9,16)(H2,10,12,13,14). The highest BCUT2D eigenvalue weighted by atomic mass is 35.5. The highest BCUT2D eigenvalue weighted by molar-refractivity contribution is 6.28. The fraction of sp³-hybridized carbons (Fsp3) is 0. The molecule has 2 aromatic heterocycles. The number of nitrogens with zero attached hydrogens (tertiary/aromatic N) is 5. The van der Waals surface area contributed by atoms with Gasteiger partial charge in [-0.3, -0.25) is 4.79 Å². The van der Waals surface area contributed by atoms with Crippen molar-refractivity contribution >= 4 is 23.5 Å². The number of aromatic nitrogens is 5. The van der Waals surface area contributed by atoms with E-state index in [0.717, 1.165) is 0 Å². The molecule has 0 aliphatic heterocycles. The summed E-state index contributed by atoms with van der Waals surface area (Å²) in [7, 11) is 0. The largest absolute Gasteiger partial charge is 0.368 e. The predicted octanol–water partition coefficient (Wildman–Crippen LogP) is -0.608. The third kappa shape index (κ3) is 1.91. The van der Waals surface area contributed by atoms with Crippen LogP contribution < -0.4 is 11.5 Å². The Morgan fingerprint density at radius 1 is 1.38 bits per heavy atom. The summed E-state index contributed by atoms with van der Waals surface area (Å²) in [6.07, 6.45) is 2.66. The molecule has 2 aromatic rings. The molecular weight excluding hydrogens is 234 g/mol. The van der Waals surface area contributed by atoms with Crippen molar-refractivity contribution < 1.29 is 4.79 Å². The summed E-state index contributed by atoms with van der Waals surface area (Å²) in [5, 5.41) is 3.78. The second-order valence-electron chi connectivity index (χ2n) is 2.80. The van der Waals surface area contributed by atoms with Crippen LogP contribution >= 0.6 is 11.6 Å². The molecule has 4 N–H and O–H groups in total. The molecule has 0 aliphatic rings. The minimum absolute atomic E-state index is 0.0360. The smallest absolute Gasteiger partial charge is 0.256 e. The zero-order valence-corrected chi connectivity index (χ0v) is 8.59. The van der Waals surface area contributed by atoms with E-state index >= 15 is 0 Å². The first-order valence-electron chi connectivity index (χ1n) is 4.08. The predicted molar refractivity (Wildman–Crippen MR) is 54.9 cm³/mol. The van der Waals surface area contributed by atoms with Crippen molar-refractivity contribution in [3.8, 4) is 5.95 Å². The Morgan fingerprint density at radius 2 is 2.12 bits per heavy atom. The molecular formula is C7H6ClN7O. The van der Waals surface area contributed by atoms with Gasteiger partial charge < -0.3 is 11.5 Å². The molecule has 8 nitrogen and oxygen atoms in total. The highest BCUT2D eigenvalue weighted by Gasteiger charge is 2.09. The molecule has 0 saturated heterocycles. The lowest BCUT2D eigenvalue weighted by Crippen LogP contribution is -2.10. The van der Waals surface area contributed by atoms with Crippen molar-refractivity contribution in [3.63, 3.8) is 0 Å². The molecule has 0 atom stereocenters. The third-order valence-electron chi connectivity index (χ3n) is 1.69. The Labute approximate surface area is 94.3 Å². The maximum absolute atomic E-state index is 10.8. The van der Waals surface area contributed by atoms with Crippen LogP contribution in [0.2, 0.25) is 5.28 Å². The quantitative estimate of drug-likeness (QED) is 0.720. The molecule has 82 valence electrons. The van der Waals surface area contributed by atoms with Crippen LogP contribution in [0.3, 0.4) is 0 Å². The van der Waals surface area contributed by atoms with Crippen molar-refractivity contribution in [3.05, 3.63) is 23.2 Å². The van der Waals surface area contributed by atoms with Crippen molar-refractivity contribution in [2.24, 2.45) is 5.73 Å². The van der Waals surface area contributed by atoms with Crippen LogP contribution in [-0.2, 0) is 0 Å². The number of nitrogens with two attached hydrogens (primary N) is 2. The Bertz CT molecular complexity index is 531. The maximum atomic E-state index is 10.8. The molecule has 0 spiro atoms. The van der Waals surface area contributed by atoms with E-state index < -0.39 is 5.91 Å². The van der Waals surface area contributed by atoms with Gasteiger partial charge in [-0.15, -0.1) is 0 Å². The average Bonchev–Trinajstić information content (AvgIpc) is 2.64. The van der Waals surface area contributed by atoms with Crippen LogP contribution in [0.5, 0.6) is 0 Å². The topological polar surface area (TPSA) is 126 Å². The number of amides is 1. The maximum Gasteiger partial charge on any atom is 0.256 e. The monoisotopic (exact) mass is 239 g/mol. The van der Waals surface area contributed by atoms with Crippen molar-refractivity contribution in [2.75, 3.05) is 5.73 Å². The number of hydrogen-bond donors (Lipinski definition) is 2. The minimum Gasteiger partial charge on any atom is -0.368 e. The summed E-state index contributed by atoms with van der Waals surface area (Å²) in [6.45, 7) is 0. The van der Waals surface area contributed by atoms with E-state index in [4.69, 9.17) is 23.1 Å². The first-order valence-corrected chi connectivity index (χ1v) is 4.46. The molecule has 0 fully saturated rings. The van der Waals surface area contributed by atoms with Gasteiger partial charge in [-0.1, -0.05) is 0 Å². The number of hydrogen-bond acceptors (Lipinski definition) is 6. The number of nitrogen functional groups attached to an aromatic ring is 1. The zero-order chi connectivity index (χ0) is 11.7. The number of carbonyl (C=O) groups excluding carboxylic acids is 1. The SMILES string of the molecule is NC(=O)c1cnn(-c2nc(N)nc(Cl)n2)c1. The normalized spacial score (nSPS) is 10.3. The van der Waals surface area contributed by atoms with Gasteiger partial charge in [-0.05, 0) is 11.6 Å². The van der Waals surface area contributed by atoms with Crippen LogP contribution in [0.25, 0.3) is 5.95 Å². The average molecular weight is 240 g/mol. The van der Waals surface area contributed by atoms with Gasteiger partial charge in [-0.2, -0.15) is 20.1 Å². The first-order chi connectivity index (χ1) is 7.56. The lowest BCUT2D eigenvalue weighted by molar-refractivity contribution is 0.100. The summed E-state index contributed by atoms with van der Waals surface area (Å²) >= 11 is 5.59. The molecule has 9 heteroatoms. The van der Waals surface area contributed by atoms with Crippen LogP contribution in [0, 0.1) is 0 Å². The van der Waals surface area contributed by atoms with Crippen molar-refractivity contribution in [1.29, 1.82) is 0 Å². The van der Waals surface area contributed by atoms with Gasteiger partial charge in [0.1, 0.15) is 0 Å². The molecule has 0 aromatic carbocycles. The fourth-order valence-electron chi connectivity index (χ4n) is 1.02. The highest BCUT2D eigenvalue weighted by Crippen LogP contribution is 2.07. The molecule has 1 amide bonds. The van der Waals surface area contributed by atoms with E-state index in [-0.39, 0.29) is 22.7 Å². The second kappa shape index (κ2) is 3.74. The molecule has 0 saturated carbocycles. The lowest BCUT2D eigenvalue weighted by atomic mass is 10.4. The summed E-state index contributed by atoms with van der Waals surface area (Å²) in [5.74, 6) is -0.518. The third-order valence-corrected chi connectivity index (χ3v) is 1.85. The van der Waals surface area contributed by atoms with Crippen LogP contribution in [0.4, 0.5) is 5.95 Å². The second-order valence-corrected chi connectivity index (χ2v) is 3.14. The van der Waals surface area contributed by atoms with Gasteiger partial charge in [0.25, 0.3) is 11.9 Å². The Balaban J connectivity index is 2.46. The summed E-state index contributed by atoms with van der Waals surface area (Å²) in [6, 6.07) is 0. The molecule has 0 unspecified atom stereocenters. The Kier molecular flexibility index (Phi) is 2.41. The van der Waals surface area contributed by atoms with Gasteiger partial charge in [-0.25, -0.2) is 4.68 Å². The van der Waals surface area contributed by atoms with E-state index in [1.54, 1.807) is 0 Å². The lowest BCUT2D eigenvalue weighted by Gasteiger charge is -1.99. The zero-order valence-electron chi connectivity index (χ0n) is 7.83. The van der Waals surface area contributed by atoms with E-state index in [9.17, 15) is 4.79 Å². The van der Waals surface area contributed by atoms with Crippen molar-refractivity contribution in [1.82, 2.24) is 24.7 Å². The molecule has 0 bridgehead atoms. The molecule has 2 rings (SSSR count). The van der Waals surface area contributed by atoms with E-state index in [0.29, 0.717) is 0 Å². The van der Waals surface area contributed by atoms with E-state index in [2.05, 4.69) is 20.1 Å². The van der Waals surface area contributed by atoms with Crippen LogP contribution in [0.15, 0.2) is 12.4 Å². The summed E-state index contributed by atoms with van der Waals surface area (Å²) in [4.78, 5) is 22.0. The van der Waals surface area contributed by atoms with Crippen LogP contribution in [-0.4, -0.2) is 30.6 Å². The number of halogens is 1. The van der Waals surface area contributed by atoms with Gasteiger partial charge in [0, 0.05) is 6.20 Å². The first kappa shape index (κ1) is 10.3. The van der Waals surface area contributed by atoms with Gasteiger partial charge in [0.05, 0.1) is 11.8 Å².